The number of nitrogens with one attached hydrogen (secondary N) is 1. The molecule has 33 heavy (non-hydrogen) atoms. The van der Waals surface area contributed by atoms with Crippen LogP contribution in [0.2, 0.25) is 5.02 Å². The van der Waals surface area contributed by atoms with Crippen molar-refractivity contribution in [2.45, 2.75) is 43.9 Å². The molecule has 1 spiro atoms. The minimum absolute atomic E-state index is 0.00534. The highest BCUT2D eigenvalue weighted by Crippen LogP contribution is 2.48. The molecule has 2 amide bonds. The second kappa shape index (κ2) is 8.90. The molecule has 1 aromatic heterocycles. The van der Waals surface area contributed by atoms with Crippen LogP contribution in [0.4, 0.5) is 4.39 Å². The third-order valence-electron chi connectivity index (χ3n) is 6.67. The lowest BCUT2D eigenvalue weighted by molar-refractivity contribution is -0.162. The van der Waals surface area contributed by atoms with Crippen LogP contribution in [0.5, 0.6) is 5.75 Å². The van der Waals surface area contributed by atoms with Crippen LogP contribution >= 0.6 is 11.6 Å². The topological polar surface area (TPSA) is 98.6 Å². The third kappa shape index (κ3) is 4.81. The molecular weight excluding hydrogens is 453 g/mol. The molecule has 176 valence electrons. The van der Waals surface area contributed by atoms with Gasteiger partial charge in [-0.1, -0.05) is 11.6 Å². The van der Waals surface area contributed by atoms with E-state index in [2.05, 4.69) is 15.5 Å². The first kappa shape index (κ1) is 22.1. The fourth-order valence-corrected chi connectivity index (χ4v) is 4.95. The van der Waals surface area contributed by atoms with Gasteiger partial charge in [0.1, 0.15) is 18.2 Å². The summed E-state index contributed by atoms with van der Waals surface area (Å²) in [6.07, 6.45) is 6.71. The van der Waals surface area contributed by atoms with Gasteiger partial charge in [0.15, 0.2) is 6.61 Å². The Morgan fingerprint density at radius 3 is 2.61 bits per heavy atom. The number of likely N-dealkylation sites (tertiary alicyclic amines) is 1. The van der Waals surface area contributed by atoms with Gasteiger partial charge in [0, 0.05) is 30.6 Å². The number of carbonyl (C=O) groups excluding carboxylic acids is 2. The zero-order valence-electron chi connectivity index (χ0n) is 18.0. The molecule has 2 aliphatic carbocycles. The van der Waals surface area contributed by atoms with E-state index in [1.54, 1.807) is 17.2 Å². The number of halogens is 2. The lowest BCUT2D eigenvalue weighted by atomic mass is 9.60. The lowest BCUT2D eigenvalue weighted by Crippen LogP contribution is -2.68. The first-order valence-corrected chi connectivity index (χ1v) is 11.4. The third-order valence-corrected chi connectivity index (χ3v) is 6.97. The molecule has 3 fully saturated rings. The van der Waals surface area contributed by atoms with E-state index in [4.69, 9.17) is 21.1 Å². The largest absolute Gasteiger partial charge is 0.484 e. The standard InChI is InChI=1S/C22H25ClFN5O4/c23-18-2-1-16(7-19(18)24)32-10-20(30)27-14-8-22(9-14)12-28(13-22)21(31)11-33-17-5-15(6-17)29-25-3-4-26-29/h1-4,7,14-15,17H,5-6,8-13H2,(H,27,30)/t15-,17+. The van der Waals surface area contributed by atoms with Gasteiger partial charge in [0.2, 0.25) is 5.91 Å². The van der Waals surface area contributed by atoms with Crippen LogP contribution in [0.3, 0.4) is 0 Å². The van der Waals surface area contributed by atoms with Gasteiger partial charge in [-0.3, -0.25) is 9.59 Å². The molecule has 1 N–H and O–H groups in total. The van der Waals surface area contributed by atoms with E-state index in [0.29, 0.717) is 13.1 Å². The monoisotopic (exact) mass is 477 g/mol. The Hall–Kier alpha value is -2.72. The Morgan fingerprint density at radius 2 is 1.91 bits per heavy atom. The zero-order valence-corrected chi connectivity index (χ0v) is 18.7. The van der Waals surface area contributed by atoms with E-state index in [9.17, 15) is 14.0 Å². The minimum Gasteiger partial charge on any atom is -0.484 e. The average Bonchev–Trinajstić information content (AvgIpc) is 3.22. The number of nitrogens with zero attached hydrogens (tertiary/aromatic N) is 4. The number of hydrogen-bond acceptors (Lipinski definition) is 6. The number of carbonyl (C=O) groups is 2. The van der Waals surface area contributed by atoms with Gasteiger partial charge < -0.3 is 19.7 Å². The molecule has 0 atom stereocenters. The molecule has 9 nitrogen and oxygen atoms in total. The molecule has 1 aliphatic heterocycles. The number of aromatic nitrogens is 3. The number of benzene rings is 1. The summed E-state index contributed by atoms with van der Waals surface area (Å²) in [5, 5.41) is 11.2. The molecule has 1 saturated heterocycles. The van der Waals surface area contributed by atoms with Crippen LogP contribution in [-0.2, 0) is 14.3 Å². The Labute approximate surface area is 195 Å². The highest BCUT2D eigenvalue weighted by molar-refractivity contribution is 6.30. The Kier molecular flexibility index (Phi) is 5.96. The number of ether oxygens (including phenoxy) is 2. The highest BCUT2D eigenvalue weighted by atomic mass is 35.5. The maximum Gasteiger partial charge on any atom is 0.258 e. The molecule has 2 saturated carbocycles. The minimum atomic E-state index is -0.589. The molecule has 1 aromatic carbocycles. The number of hydrogen-bond donors (Lipinski definition) is 1. The van der Waals surface area contributed by atoms with E-state index < -0.39 is 5.82 Å². The van der Waals surface area contributed by atoms with Gasteiger partial charge in [-0.15, -0.1) is 0 Å². The predicted molar refractivity (Wildman–Crippen MR) is 115 cm³/mol. The lowest BCUT2D eigenvalue weighted by Gasteiger charge is -2.59. The van der Waals surface area contributed by atoms with Gasteiger partial charge >= 0.3 is 0 Å². The first-order valence-electron chi connectivity index (χ1n) is 11.0. The Balaban J connectivity index is 0.949. The quantitative estimate of drug-likeness (QED) is 0.624. The fraction of sp³-hybridized carbons (Fsp3) is 0.545. The molecular formula is C22H25ClFN5O4. The fourth-order valence-electron chi connectivity index (χ4n) is 4.83. The highest BCUT2D eigenvalue weighted by Gasteiger charge is 2.54. The molecule has 5 rings (SSSR count). The molecule has 0 unspecified atom stereocenters. The summed E-state index contributed by atoms with van der Waals surface area (Å²) in [4.78, 5) is 28.0. The second-order valence-electron chi connectivity index (χ2n) is 9.19. The van der Waals surface area contributed by atoms with Crippen molar-refractivity contribution in [3.05, 3.63) is 41.4 Å². The summed E-state index contributed by atoms with van der Waals surface area (Å²) in [6.45, 7) is 1.31. The summed E-state index contributed by atoms with van der Waals surface area (Å²) in [7, 11) is 0. The number of amides is 2. The Bertz CT molecular complexity index is 1020. The van der Waals surface area contributed by atoms with E-state index >= 15 is 0 Å². The normalized spacial score (nSPS) is 23.4. The van der Waals surface area contributed by atoms with Crippen LogP contribution in [0.15, 0.2) is 30.6 Å². The van der Waals surface area contributed by atoms with Crippen molar-refractivity contribution >= 4 is 23.4 Å². The molecule has 2 aromatic rings. The van der Waals surface area contributed by atoms with Crippen molar-refractivity contribution in [3.63, 3.8) is 0 Å². The van der Waals surface area contributed by atoms with Crippen molar-refractivity contribution in [2.24, 2.45) is 5.41 Å². The van der Waals surface area contributed by atoms with Crippen LogP contribution in [0.25, 0.3) is 0 Å². The van der Waals surface area contributed by atoms with Gasteiger partial charge in [-0.2, -0.15) is 15.0 Å². The Morgan fingerprint density at radius 1 is 1.18 bits per heavy atom. The average molecular weight is 478 g/mol. The van der Waals surface area contributed by atoms with Crippen LogP contribution in [0, 0.1) is 11.2 Å². The summed E-state index contributed by atoms with van der Waals surface area (Å²) in [5.41, 5.74) is 0.0983. The van der Waals surface area contributed by atoms with E-state index in [-0.39, 0.29) is 59.4 Å². The van der Waals surface area contributed by atoms with Crippen molar-refractivity contribution in [3.8, 4) is 5.75 Å². The molecule has 0 radical (unpaired) electrons. The summed E-state index contributed by atoms with van der Waals surface area (Å²) in [5.74, 6) is -0.580. The van der Waals surface area contributed by atoms with Gasteiger partial charge in [-0.05, 0) is 37.8 Å². The van der Waals surface area contributed by atoms with Crippen molar-refractivity contribution in [2.75, 3.05) is 26.3 Å². The molecule has 11 heteroatoms. The number of rotatable bonds is 8. The predicted octanol–water partition coefficient (Wildman–Crippen LogP) is 1.98. The second-order valence-corrected chi connectivity index (χ2v) is 9.60. The summed E-state index contributed by atoms with van der Waals surface area (Å²) < 4.78 is 24.5. The SMILES string of the molecule is O=C(COc1ccc(Cl)c(F)c1)NC1CC2(C1)CN(C(=O)CO[C@H]1C[C@@H](n3nccn3)C1)C2. The van der Waals surface area contributed by atoms with Crippen molar-refractivity contribution in [1.82, 2.24) is 25.2 Å². The first-order chi connectivity index (χ1) is 15.9. The van der Waals surface area contributed by atoms with E-state index in [0.717, 1.165) is 31.7 Å². The van der Waals surface area contributed by atoms with Crippen LogP contribution in [0.1, 0.15) is 31.7 Å². The maximum absolute atomic E-state index is 13.4. The van der Waals surface area contributed by atoms with E-state index in [1.165, 1.54) is 12.1 Å². The smallest absolute Gasteiger partial charge is 0.258 e. The van der Waals surface area contributed by atoms with Crippen LogP contribution < -0.4 is 10.1 Å². The van der Waals surface area contributed by atoms with Gasteiger partial charge in [0.05, 0.1) is 29.6 Å². The summed E-state index contributed by atoms with van der Waals surface area (Å²) >= 11 is 5.63. The zero-order chi connectivity index (χ0) is 23.0. The van der Waals surface area contributed by atoms with Crippen molar-refractivity contribution in [1.29, 1.82) is 0 Å². The molecule has 0 bridgehead atoms. The molecule has 3 aliphatic rings. The maximum atomic E-state index is 13.4. The van der Waals surface area contributed by atoms with Gasteiger partial charge in [0.25, 0.3) is 5.91 Å². The van der Waals surface area contributed by atoms with Crippen molar-refractivity contribution < 1.29 is 23.5 Å². The van der Waals surface area contributed by atoms with Crippen LogP contribution in [-0.4, -0.2) is 70.2 Å². The molecule has 2 heterocycles. The summed E-state index contributed by atoms with van der Waals surface area (Å²) in [6, 6.07) is 4.38. The van der Waals surface area contributed by atoms with E-state index in [1.807, 2.05) is 4.90 Å². The van der Waals surface area contributed by atoms with Gasteiger partial charge in [-0.25, -0.2) is 4.39 Å².